The lowest BCUT2D eigenvalue weighted by Gasteiger charge is -2.18. The highest BCUT2D eigenvalue weighted by Gasteiger charge is 2.19. The predicted octanol–water partition coefficient (Wildman–Crippen LogP) is 3.28. The molecule has 2 aromatic carbocycles. The van der Waals surface area contributed by atoms with Crippen molar-refractivity contribution >= 4 is 17.7 Å². The van der Waals surface area contributed by atoms with E-state index in [-0.39, 0.29) is 17.5 Å². The Hall–Kier alpha value is -3.15. The number of Topliss-reactive ketones (excluding diaryl/α,β-unsaturated/α-hetero) is 1. The third kappa shape index (κ3) is 4.97. The number of benzene rings is 2. The first-order valence-corrected chi connectivity index (χ1v) is 8.85. The van der Waals surface area contributed by atoms with E-state index in [1.54, 1.807) is 30.3 Å². The maximum Gasteiger partial charge on any atom is 0.341 e. The Bertz CT molecular complexity index is 879. The van der Waals surface area contributed by atoms with Gasteiger partial charge in [0.2, 0.25) is 5.78 Å². The summed E-state index contributed by atoms with van der Waals surface area (Å²) in [6, 6.07) is 11.9. The molecule has 148 valence electrons. The van der Waals surface area contributed by atoms with Crippen molar-refractivity contribution in [1.29, 1.82) is 0 Å². The molecule has 6 nitrogen and oxygen atoms in total. The first-order valence-electron chi connectivity index (χ1n) is 8.85. The summed E-state index contributed by atoms with van der Waals surface area (Å²) < 4.78 is 9.86. The van der Waals surface area contributed by atoms with Crippen molar-refractivity contribution in [3.8, 4) is 5.75 Å². The zero-order valence-electron chi connectivity index (χ0n) is 16.8. The Morgan fingerprint density at radius 1 is 0.964 bits per heavy atom. The molecule has 0 saturated heterocycles. The molecule has 6 heteroatoms. The fraction of sp³-hybridized carbons (Fsp3) is 0.318. The van der Waals surface area contributed by atoms with E-state index in [1.165, 1.54) is 14.2 Å². The number of hydrogen-bond donors (Lipinski definition) is 1. The lowest BCUT2D eigenvalue weighted by atomic mass is 9.86. The minimum Gasteiger partial charge on any atom is -0.496 e. The zero-order valence-corrected chi connectivity index (χ0v) is 16.8. The lowest BCUT2D eigenvalue weighted by molar-refractivity contribution is -0.117. The number of methoxy groups -OCH3 is 2. The van der Waals surface area contributed by atoms with Gasteiger partial charge in [0.15, 0.2) is 0 Å². The number of ether oxygens (including phenoxy) is 2. The number of nitrogens with one attached hydrogen (secondary N) is 1. The van der Waals surface area contributed by atoms with Crippen molar-refractivity contribution in [2.75, 3.05) is 14.2 Å². The van der Waals surface area contributed by atoms with Gasteiger partial charge in [0.05, 0.1) is 14.2 Å². The summed E-state index contributed by atoms with van der Waals surface area (Å²) in [5.74, 6) is -1.49. The van der Waals surface area contributed by atoms with Crippen LogP contribution in [-0.4, -0.2) is 31.9 Å². The second-order valence-electron chi connectivity index (χ2n) is 7.37. The number of carbonyl (C=O) groups is 3. The summed E-state index contributed by atoms with van der Waals surface area (Å²) >= 11 is 0. The molecule has 0 radical (unpaired) electrons. The average molecular weight is 383 g/mol. The highest BCUT2D eigenvalue weighted by Crippen LogP contribution is 2.23. The van der Waals surface area contributed by atoms with Gasteiger partial charge in [0, 0.05) is 12.1 Å². The minimum atomic E-state index is -0.709. The molecule has 0 saturated carbocycles. The molecule has 0 unspecified atom stereocenters. The van der Waals surface area contributed by atoms with Crippen molar-refractivity contribution in [3.05, 3.63) is 64.7 Å². The summed E-state index contributed by atoms with van der Waals surface area (Å²) in [7, 11) is 2.73. The molecule has 0 bridgehead atoms. The molecule has 0 aromatic heterocycles. The normalized spacial score (nSPS) is 10.9. The lowest BCUT2D eigenvalue weighted by Crippen LogP contribution is -2.30. The molecule has 0 fully saturated rings. The molecule has 0 aliphatic heterocycles. The van der Waals surface area contributed by atoms with Gasteiger partial charge in [-0.3, -0.25) is 9.59 Å². The Morgan fingerprint density at radius 2 is 1.61 bits per heavy atom. The van der Waals surface area contributed by atoms with E-state index < -0.39 is 17.7 Å². The fourth-order valence-electron chi connectivity index (χ4n) is 2.65. The molecule has 0 aliphatic carbocycles. The van der Waals surface area contributed by atoms with E-state index >= 15 is 0 Å². The highest BCUT2D eigenvalue weighted by atomic mass is 16.5. The monoisotopic (exact) mass is 383 g/mol. The van der Waals surface area contributed by atoms with E-state index in [9.17, 15) is 14.4 Å². The van der Waals surface area contributed by atoms with Crippen molar-refractivity contribution < 1.29 is 23.9 Å². The number of esters is 1. The van der Waals surface area contributed by atoms with Crippen LogP contribution in [-0.2, 0) is 21.5 Å². The maximum absolute atomic E-state index is 12.3. The largest absolute Gasteiger partial charge is 0.496 e. The Kier molecular flexibility index (Phi) is 6.57. The van der Waals surface area contributed by atoms with Crippen molar-refractivity contribution in [2.24, 2.45) is 0 Å². The standard InChI is InChI=1S/C22H25NO5/c1-22(2,3)16-9-7-15(8-10-16)19(24)20(25)23-13-14-6-11-18(27-4)17(12-14)21(26)28-5/h6-12H,13H2,1-5H3,(H,23,25). The molecule has 0 atom stereocenters. The van der Waals surface area contributed by atoms with E-state index in [0.29, 0.717) is 16.9 Å². The molecule has 1 amide bonds. The van der Waals surface area contributed by atoms with Gasteiger partial charge in [-0.2, -0.15) is 0 Å². The SMILES string of the molecule is COC(=O)c1cc(CNC(=O)C(=O)c2ccc(C(C)(C)C)cc2)ccc1OC. The number of amides is 1. The summed E-state index contributed by atoms with van der Waals surface area (Å²) in [5.41, 5.74) is 2.27. The van der Waals surface area contributed by atoms with Gasteiger partial charge in [0.25, 0.3) is 5.91 Å². The number of rotatable bonds is 6. The third-order valence-electron chi connectivity index (χ3n) is 4.34. The molecule has 1 N–H and O–H groups in total. The van der Waals surface area contributed by atoms with Crippen molar-refractivity contribution in [3.63, 3.8) is 0 Å². The van der Waals surface area contributed by atoms with Crippen LogP contribution in [0.2, 0.25) is 0 Å². The van der Waals surface area contributed by atoms with Crippen molar-refractivity contribution in [2.45, 2.75) is 32.7 Å². The molecule has 2 aromatic rings. The van der Waals surface area contributed by atoms with Gasteiger partial charge in [-0.15, -0.1) is 0 Å². The van der Waals surface area contributed by atoms with Crippen LogP contribution in [0, 0.1) is 0 Å². The molecular formula is C22H25NO5. The molecular weight excluding hydrogens is 358 g/mol. The van der Waals surface area contributed by atoms with E-state index in [0.717, 1.165) is 5.56 Å². The Morgan fingerprint density at radius 3 is 2.14 bits per heavy atom. The second kappa shape index (κ2) is 8.69. The Balaban J connectivity index is 2.07. The van der Waals surface area contributed by atoms with Gasteiger partial charge < -0.3 is 14.8 Å². The number of carbonyl (C=O) groups excluding carboxylic acids is 3. The van der Waals surface area contributed by atoms with Gasteiger partial charge in [0.1, 0.15) is 11.3 Å². The summed E-state index contributed by atoms with van der Waals surface area (Å²) in [6.45, 7) is 6.33. The van der Waals surface area contributed by atoms with Gasteiger partial charge in [-0.05, 0) is 28.7 Å². The quantitative estimate of drug-likeness (QED) is 0.470. The molecule has 0 heterocycles. The van der Waals surface area contributed by atoms with Crippen molar-refractivity contribution in [1.82, 2.24) is 5.32 Å². The van der Waals surface area contributed by atoms with Crippen LogP contribution < -0.4 is 10.1 Å². The second-order valence-corrected chi connectivity index (χ2v) is 7.37. The van der Waals surface area contributed by atoms with Crippen LogP contribution >= 0.6 is 0 Å². The first kappa shape index (κ1) is 21.2. The average Bonchev–Trinajstić information content (AvgIpc) is 2.70. The number of hydrogen-bond acceptors (Lipinski definition) is 5. The van der Waals surface area contributed by atoms with Crippen LogP contribution in [0.3, 0.4) is 0 Å². The van der Waals surface area contributed by atoms with Gasteiger partial charge in [-0.1, -0.05) is 51.1 Å². The topological polar surface area (TPSA) is 81.7 Å². The van der Waals surface area contributed by atoms with Crippen LogP contribution in [0.25, 0.3) is 0 Å². The van der Waals surface area contributed by atoms with Gasteiger partial charge >= 0.3 is 5.97 Å². The smallest absolute Gasteiger partial charge is 0.341 e. The molecule has 28 heavy (non-hydrogen) atoms. The van der Waals surface area contributed by atoms with Crippen LogP contribution in [0.4, 0.5) is 0 Å². The third-order valence-corrected chi connectivity index (χ3v) is 4.34. The minimum absolute atomic E-state index is 0.0322. The zero-order chi connectivity index (χ0) is 20.9. The van der Waals surface area contributed by atoms with E-state index in [1.807, 2.05) is 12.1 Å². The fourth-order valence-corrected chi connectivity index (χ4v) is 2.65. The molecule has 2 rings (SSSR count). The summed E-state index contributed by atoms with van der Waals surface area (Å²) in [6.07, 6.45) is 0. The number of ketones is 1. The van der Waals surface area contributed by atoms with E-state index in [4.69, 9.17) is 9.47 Å². The molecule has 0 aliphatic rings. The van der Waals surface area contributed by atoms with Crippen LogP contribution in [0.1, 0.15) is 52.6 Å². The van der Waals surface area contributed by atoms with E-state index in [2.05, 4.69) is 26.1 Å². The summed E-state index contributed by atoms with van der Waals surface area (Å²) in [5, 5.41) is 2.58. The molecule has 0 spiro atoms. The van der Waals surface area contributed by atoms with Gasteiger partial charge in [-0.25, -0.2) is 4.79 Å². The highest BCUT2D eigenvalue weighted by molar-refractivity contribution is 6.42. The predicted molar refractivity (Wildman–Crippen MR) is 106 cm³/mol. The maximum atomic E-state index is 12.3. The Labute approximate surface area is 164 Å². The summed E-state index contributed by atoms with van der Waals surface area (Å²) in [4.78, 5) is 36.4. The van der Waals surface area contributed by atoms with Crippen LogP contribution in [0.5, 0.6) is 5.75 Å². The van der Waals surface area contributed by atoms with Crippen LogP contribution in [0.15, 0.2) is 42.5 Å². The first-order chi connectivity index (χ1) is 13.2.